The molecule has 1 aromatic carbocycles. The van der Waals surface area contributed by atoms with Crippen LogP contribution in [0.2, 0.25) is 0 Å². The molecule has 0 unspecified atom stereocenters. The number of carbonyl (C=O) groups is 1. The van der Waals surface area contributed by atoms with E-state index in [2.05, 4.69) is 17.1 Å². The van der Waals surface area contributed by atoms with Crippen molar-refractivity contribution in [3.05, 3.63) is 53.0 Å². The van der Waals surface area contributed by atoms with Gasteiger partial charge in [0.1, 0.15) is 11.6 Å². The molecule has 2 aliphatic heterocycles. The van der Waals surface area contributed by atoms with Crippen molar-refractivity contribution in [1.82, 2.24) is 14.3 Å². The lowest BCUT2D eigenvalue weighted by atomic mass is 10.0. The summed E-state index contributed by atoms with van der Waals surface area (Å²) in [6.07, 6.45) is 4.55. The Balaban J connectivity index is 1.59. The molecule has 166 valence electrons. The summed E-state index contributed by atoms with van der Waals surface area (Å²) in [5.74, 6) is 1.30. The summed E-state index contributed by atoms with van der Waals surface area (Å²) in [5.41, 5.74) is 2.89. The van der Waals surface area contributed by atoms with Crippen molar-refractivity contribution >= 4 is 21.7 Å². The predicted molar refractivity (Wildman–Crippen MR) is 120 cm³/mol. The maximum atomic E-state index is 12.7. The van der Waals surface area contributed by atoms with Gasteiger partial charge in [-0.05, 0) is 45.1 Å². The van der Waals surface area contributed by atoms with Crippen LogP contribution in [0.3, 0.4) is 0 Å². The van der Waals surface area contributed by atoms with E-state index in [1.807, 2.05) is 25.1 Å². The van der Waals surface area contributed by atoms with Gasteiger partial charge in [0.25, 0.3) is 0 Å². The molecule has 0 aliphatic carbocycles. The number of rotatable bonds is 7. The number of hydrogen-bond donors (Lipinski definition) is 0. The van der Waals surface area contributed by atoms with Crippen LogP contribution in [0.5, 0.6) is 0 Å². The average molecular weight is 443 g/mol. The molecule has 7 nitrogen and oxygen atoms in total. The molecule has 1 saturated heterocycles. The fraction of sp³-hybridized carbons (Fsp3) is 0.522. The largest absolute Gasteiger partial charge is 0.296 e. The average Bonchev–Trinajstić information content (AvgIpc) is 3.10. The minimum absolute atomic E-state index is 0.0410. The van der Waals surface area contributed by atoms with E-state index in [-0.39, 0.29) is 17.7 Å². The number of aromatic nitrogens is 2. The molecule has 2 aromatic rings. The zero-order valence-electron chi connectivity index (χ0n) is 18.2. The SMILES string of the molecule is CCS(=O)(=O)N1CCCC[C@@H]1c1nc(C)c2c(n1)N(CCCc1ccccc1)C(=O)C2. The topological polar surface area (TPSA) is 83.5 Å². The van der Waals surface area contributed by atoms with Gasteiger partial charge in [-0.1, -0.05) is 36.8 Å². The molecule has 1 amide bonds. The van der Waals surface area contributed by atoms with Crippen LogP contribution in [0.1, 0.15) is 61.3 Å². The summed E-state index contributed by atoms with van der Waals surface area (Å²) in [4.78, 5) is 23.9. The number of anilines is 1. The first-order valence-corrected chi connectivity index (χ1v) is 12.7. The number of piperidine rings is 1. The lowest BCUT2D eigenvalue weighted by molar-refractivity contribution is -0.117. The van der Waals surface area contributed by atoms with E-state index in [4.69, 9.17) is 4.98 Å². The fourth-order valence-electron chi connectivity index (χ4n) is 4.52. The molecule has 2 aliphatic rings. The second kappa shape index (κ2) is 9.04. The van der Waals surface area contributed by atoms with Gasteiger partial charge in [0.05, 0.1) is 18.2 Å². The van der Waals surface area contributed by atoms with E-state index in [0.717, 1.165) is 36.9 Å². The molecule has 1 aromatic heterocycles. The fourth-order valence-corrected chi connectivity index (χ4v) is 5.85. The second-order valence-electron chi connectivity index (χ2n) is 8.30. The van der Waals surface area contributed by atoms with E-state index in [1.54, 1.807) is 16.1 Å². The zero-order chi connectivity index (χ0) is 22.0. The first kappa shape index (κ1) is 21.9. The molecule has 0 saturated carbocycles. The Kier molecular flexibility index (Phi) is 6.39. The number of sulfonamides is 1. The van der Waals surface area contributed by atoms with Crippen molar-refractivity contribution in [2.24, 2.45) is 0 Å². The molecule has 8 heteroatoms. The van der Waals surface area contributed by atoms with Crippen LogP contribution >= 0.6 is 0 Å². The van der Waals surface area contributed by atoms with E-state index >= 15 is 0 Å². The maximum absolute atomic E-state index is 12.7. The lowest BCUT2D eigenvalue weighted by Gasteiger charge is -2.33. The van der Waals surface area contributed by atoms with Gasteiger partial charge in [-0.15, -0.1) is 0 Å². The number of hydrogen-bond acceptors (Lipinski definition) is 5. The third kappa shape index (κ3) is 4.50. The van der Waals surface area contributed by atoms with Gasteiger partial charge < -0.3 is 0 Å². The first-order valence-electron chi connectivity index (χ1n) is 11.1. The summed E-state index contributed by atoms with van der Waals surface area (Å²) >= 11 is 0. The van der Waals surface area contributed by atoms with Crippen molar-refractivity contribution < 1.29 is 13.2 Å². The number of nitrogens with zero attached hydrogens (tertiary/aromatic N) is 4. The summed E-state index contributed by atoms with van der Waals surface area (Å²) in [7, 11) is -3.34. The Hall–Kier alpha value is -2.32. The Bertz CT molecular complexity index is 1060. The molecule has 0 bridgehead atoms. The third-order valence-electron chi connectivity index (χ3n) is 6.26. The molecule has 0 spiro atoms. The Morgan fingerprint density at radius 1 is 1.13 bits per heavy atom. The van der Waals surface area contributed by atoms with Crippen molar-refractivity contribution in [1.29, 1.82) is 0 Å². The quantitative estimate of drug-likeness (QED) is 0.658. The highest BCUT2D eigenvalue weighted by atomic mass is 32.2. The number of amides is 1. The Morgan fingerprint density at radius 3 is 2.65 bits per heavy atom. The van der Waals surface area contributed by atoms with Crippen LogP contribution in [0.15, 0.2) is 30.3 Å². The number of benzene rings is 1. The molecule has 1 atom stereocenters. The summed E-state index contributed by atoms with van der Waals surface area (Å²) in [6, 6.07) is 9.87. The predicted octanol–water partition coefficient (Wildman–Crippen LogP) is 3.18. The van der Waals surface area contributed by atoms with E-state index in [9.17, 15) is 13.2 Å². The number of fused-ring (bicyclic) bond motifs is 1. The van der Waals surface area contributed by atoms with Crippen LogP contribution in [-0.4, -0.2) is 47.4 Å². The monoisotopic (exact) mass is 442 g/mol. The Labute approximate surface area is 184 Å². The number of carbonyl (C=O) groups excluding carboxylic acids is 1. The summed E-state index contributed by atoms with van der Waals surface area (Å²) in [5, 5.41) is 0. The standard InChI is InChI=1S/C23H30N4O3S/c1-3-31(29,30)27-15-8-7-13-20(27)22-24-17(2)19-16-21(28)26(23(19)25-22)14-9-12-18-10-5-4-6-11-18/h4-6,10-11,20H,3,7-9,12-16H2,1-2H3/t20-/m1/s1. The van der Waals surface area contributed by atoms with Crippen molar-refractivity contribution in [3.8, 4) is 0 Å². The van der Waals surface area contributed by atoms with Gasteiger partial charge in [-0.25, -0.2) is 18.4 Å². The minimum atomic E-state index is -3.34. The molecule has 3 heterocycles. The van der Waals surface area contributed by atoms with Crippen LogP contribution in [0, 0.1) is 6.92 Å². The molecular formula is C23H30N4O3S. The van der Waals surface area contributed by atoms with E-state index < -0.39 is 10.0 Å². The zero-order valence-corrected chi connectivity index (χ0v) is 19.1. The smallest absolute Gasteiger partial charge is 0.232 e. The van der Waals surface area contributed by atoms with Crippen LogP contribution in [0.4, 0.5) is 5.82 Å². The normalized spacial score (nSPS) is 19.6. The summed E-state index contributed by atoms with van der Waals surface area (Å²) < 4.78 is 26.9. The van der Waals surface area contributed by atoms with Crippen LogP contribution in [0.25, 0.3) is 0 Å². The third-order valence-corrected chi connectivity index (χ3v) is 8.14. The van der Waals surface area contributed by atoms with Gasteiger partial charge in [0, 0.05) is 24.3 Å². The molecule has 31 heavy (non-hydrogen) atoms. The van der Waals surface area contributed by atoms with E-state index in [0.29, 0.717) is 37.6 Å². The molecular weight excluding hydrogens is 412 g/mol. The van der Waals surface area contributed by atoms with Crippen molar-refractivity contribution in [2.45, 2.75) is 58.4 Å². The molecule has 0 N–H and O–H groups in total. The maximum Gasteiger partial charge on any atom is 0.232 e. The van der Waals surface area contributed by atoms with Gasteiger partial charge in [-0.2, -0.15) is 4.31 Å². The highest BCUT2D eigenvalue weighted by molar-refractivity contribution is 7.89. The first-order chi connectivity index (χ1) is 14.9. The van der Waals surface area contributed by atoms with Crippen LogP contribution < -0.4 is 4.90 Å². The highest BCUT2D eigenvalue weighted by Crippen LogP contribution is 2.35. The second-order valence-corrected chi connectivity index (χ2v) is 10.5. The lowest BCUT2D eigenvalue weighted by Crippen LogP contribution is -2.40. The van der Waals surface area contributed by atoms with Gasteiger partial charge in [-0.3, -0.25) is 9.69 Å². The van der Waals surface area contributed by atoms with Gasteiger partial charge in [0.15, 0.2) is 0 Å². The van der Waals surface area contributed by atoms with Crippen LogP contribution in [-0.2, 0) is 27.7 Å². The molecule has 1 fully saturated rings. The minimum Gasteiger partial charge on any atom is -0.296 e. The van der Waals surface area contributed by atoms with E-state index in [1.165, 1.54) is 5.56 Å². The Morgan fingerprint density at radius 2 is 1.90 bits per heavy atom. The summed E-state index contributed by atoms with van der Waals surface area (Å²) in [6.45, 7) is 4.66. The van der Waals surface area contributed by atoms with Crippen molar-refractivity contribution in [2.75, 3.05) is 23.7 Å². The van der Waals surface area contributed by atoms with Gasteiger partial charge in [0.2, 0.25) is 15.9 Å². The highest BCUT2D eigenvalue weighted by Gasteiger charge is 2.37. The number of aryl methyl sites for hydroxylation is 2. The molecule has 0 radical (unpaired) electrons. The molecule has 4 rings (SSSR count). The van der Waals surface area contributed by atoms with Crippen molar-refractivity contribution in [3.63, 3.8) is 0 Å². The van der Waals surface area contributed by atoms with Gasteiger partial charge >= 0.3 is 0 Å².